The summed E-state index contributed by atoms with van der Waals surface area (Å²) in [5.41, 5.74) is 2.41. The number of benzene rings is 2. The summed E-state index contributed by atoms with van der Waals surface area (Å²) in [5.74, 6) is -0.114. The lowest BCUT2D eigenvalue weighted by molar-refractivity contribution is -0.115. The zero-order valence-corrected chi connectivity index (χ0v) is 14.3. The number of fused-ring (bicyclic) bond motifs is 1. The SMILES string of the molecule is Cc1cc(S(=O)(=O)Nc2ccc3c(c2)CC(=O)N3)c(Cl)cc1Cl. The molecule has 1 aliphatic rings. The van der Waals surface area contributed by atoms with Crippen LogP contribution in [-0.4, -0.2) is 14.3 Å². The summed E-state index contributed by atoms with van der Waals surface area (Å²) < 4.78 is 27.5. The Morgan fingerprint density at radius 1 is 1.13 bits per heavy atom. The highest BCUT2D eigenvalue weighted by atomic mass is 35.5. The molecule has 0 atom stereocenters. The molecule has 2 aromatic carbocycles. The fraction of sp³-hybridized carbons (Fsp3) is 0.133. The first-order valence-corrected chi connectivity index (χ1v) is 8.91. The maximum absolute atomic E-state index is 12.5. The minimum Gasteiger partial charge on any atom is -0.326 e. The Hall–Kier alpha value is -1.76. The van der Waals surface area contributed by atoms with Crippen LogP contribution < -0.4 is 10.0 Å². The molecular weight excluding hydrogens is 359 g/mol. The number of sulfonamides is 1. The molecule has 1 heterocycles. The van der Waals surface area contributed by atoms with Crippen molar-refractivity contribution in [2.75, 3.05) is 10.0 Å². The molecule has 120 valence electrons. The van der Waals surface area contributed by atoms with Gasteiger partial charge in [0, 0.05) is 16.4 Å². The van der Waals surface area contributed by atoms with E-state index in [4.69, 9.17) is 23.2 Å². The van der Waals surface area contributed by atoms with E-state index in [1.165, 1.54) is 12.1 Å². The Kier molecular flexibility index (Phi) is 4.00. The number of hydrogen-bond acceptors (Lipinski definition) is 3. The maximum atomic E-state index is 12.5. The van der Waals surface area contributed by atoms with Gasteiger partial charge in [0.25, 0.3) is 10.0 Å². The highest BCUT2D eigenvalue weighted by Crippen LogP contribution is 2.31. The number of hydrogen-bond donors (Lipinski definition) is 2. The summed E-state index contributed by atoms with van der Waals surface area (Å²) in [6.45, 7) is 1.70. The van der Waals surface area contributed by atoms with Crippen LogP contribution in [0.4, 0.5) is 11.4 Å². The average Bonchev–Trinajstić information content (AvgIpc) is 2.81. The van der Waals surface area contributed by atoms with Crippen molar-refractivity contribution >= 4 is 50.5 Å². The van der Waals surface area contributed by atoms with Gasteiger partial charge in [0.1, 0.15) is 4.90 Å². The summed E-state index contributed by atoms with van der Waals surface area (Å²) in [5, 5.41) is 3.14. The Bertz CT molecular complexity index is 927. The van der Waals surface area contributed by atoms with Crippen LogP contribution in [0.15, 0.2) is 35.2 Å². The summed E-state index contributed by atoms with van der Waals surface area (Å²) >= 11 is 11.9. The highest BCUT2D eigenvalue weighted by molar-refractivity contribution is 7.92. The fourth-order valence-corrected chi connectivity index (χ4v) is 4.22. The summed E-state index contributed by atoms with van der Waals surface area (Å²) in [6, 6.07) is 7.69. The molecule has 2 aromatic rings. The molecule has 0 spiro atoms. The fourth-order valence-electron chi connectivity index (χ4n) is 2.34. The molecule has 2 N–H and O–H groups in total. The van der Waals surface area contributed by atoms with Gasteiger partial charge in [-0.2, -0.15) is 0 Å². The van der Waals surface area contributed by atoms with E-state index in [9.17, 15) is 13.2 Å². The van der Waals surface area contributed by atoms with E-state index >= 15 is 0 Å². The first kappa shape index (κ1) is 16.1. The zero-order valence-electron chi connectivity index (χ0n) is 12.0. The lowest BCUT2D eigenvalue weighted by Crippen LogP contribution is -2.14. The predicted molar refractivity (Wildman–Crippen MR) is 90.8 cm³/mol. The molecule has 0 saturated carbocycles. The monoisotopic (exact) mass is 370 g/mol. The van der Waals surface area contributed by atoms with E-state index in [-0.39, 0.29) is 22.2 Å². The van der Waals surface area contributed by atoms with E-state index in [0.717, 1.165) is 5.56 Å². The molecular formula is C15H12Cl2N2O3S. The van der Waals surface area contributed by atoms with Gasteiger partial charge in [0.15, 0.2) is 0 Å². The minimum atomic E-state index is -3.86. The smallest absolute Gasteiger partial charge is 0.263 e. The third-order valence-corrected chi connectivity index (χ3v) is 5.74. The molecule has 8 heteroatoms. The second kappa shape index (κ2) is 5.70. The van der Waals surface area contributed by atoms with Gasteiger partial charge in [-0.25, -0.2) is 8.42 Å². The minimum absolute atomic E-state index is 0.0456. The lowest BCUT2D eigenvalue weighted by atomic mass is 10.1. The number of carbonyl (C=O) groups excluding carboxylic acids is 1. The number of amides is 1. The molecule has 0 aliphatic carbocycles. The Morgan fingerprint density at radius 2 is 1.87 bits per heavy atom. The highest BCUT2D eigenvalue weighted by Gasteiger charge is 2.22. The van der Waals surface area contributed by atoms with E-state index in [0.29, 0.717) is 22.0 Å². The molecule has 0 aromatic heterocycles. The first-order valence-electron chi connectivity index (χ1n) is 6.67. The van der Waals surface area contributed by atoms with Gasteiger partial charge in [-0.15, -0.1) is 0 Å². The predicted octanol–water partition coefficient (Wildman–Crippen LogP) is 3.60. The topological polar surface area (TPSA) is 75.3 Å². The van der Waals surface area contributed by atoms with Gasteiger partial charge in [-0.1, -0.05) is 23.2 Å². The molecule has 0 unspecified atom stereocenters. The van der Waals surface area contributed by atoms with E-state index in [1.54, 1.807) is 25.1 Å². The zero-order chi connectivity index (χ0) is 16.8. The van der Waals surface area contributed by atoms with Crippen LogP contribution in [0.3, 0.4) is 0 Å². The van der Waals surface area contributed by atoms with Crippen molar-refractivity contribution in [2.24, 2.45) is 0 Å². The second-order valence-electron chi connectivity index (χ2n) is 5.23. The van der Waals surface area contributed by atoms with Crippen molar-refractivity contribution in [3.63, 3.8) is 0 Å². The molecule has 0 fully saturated rings. The maximum Gasteiger partial charge on any atom is 0.263 e. The number of anilines is 2. The van der Waals surface area contributed by atoms with E-state index in [2.05, 4.69) is 10.0 Å². The van der Waals surface area contributed by atoms with Crippen molar-refractivity contribution in [3.05, 3.63) is 51.5 Å². The Labute approximate surface area is 143 Å². The van der Waals surface area contributed by atoms with E-state index in [1.807, 2.05) is 0 Å². The van der Waals surface area contributed by atoms with E-state index < -0.39 is 10.0 Å². The number of halogens is 2. The first-order chi connectivity index (χ1) is 10.8. The summed E-state index contributed by atoms with van der Waals surface area (Å²) in [6.07, 6.45) is 0.228. The van der Waals surface area contributed by atoms with Gasteiger partial charge < -0.3 is 5.32 Å². The van der Waals surface area contributed by atoms with Crippen LogP contribution in [0, 0.1) is 6.92 Å². The lowest BCUT2D eigenvalue weighted by Gasteiger charge is -2.12. The largest absolute Gasteiger partial charge is 0.326 e. The van der Waals surface area contributed by atoms with Crippen molar-refractivity contribution in [1.29, 1.82) is 0 Å². The molecule has 0 saturated heterocycles. The number of aryl methyl sites for hydroxylation is 1. The third-order valence-electron chi connectivity index (χ3n) is 3.49. The van der Waals surface area contributed by atoms with Crippen molar-refractivity contribution in [1.82, 2.24) is 0 Å². The van der Waals surface area contributed by atoms with Crippen LogP contribution >= 0.6 is 23.2 Å². The van der Waals surface area contributed by atoms with Gasteiger partial charge >= 0.3 is 0 Å². The number of rotatable bonds is 3. The molecule has 23 heavy (non-hydrogen) atoms. The third kappa shape index (κ3) is 3.15. The van der Waals surface area contributed by atoms with Crippen molar-refractivity contribution in [2.45, 2.75) is 18.2 Å². The van der Waals surface area contributed by atoms with Crippen molar-refractivity contribution in [3.8, 4) is 0 Å². The van der Waals surface area contributed by atoms with Gasteiger partial charge in [-0.3, -0.25) is 9.52 Å². The molecule has 0 radical (unpaired) electrons. The molecule has 1 amide bonds. The number of carbonyl (C=O) groups is 1. The van der Waals surface area contributed by atoms with Crippen LogP contribution in [-0.2, 0) is 21.2 Å². The quantitative estimate of drug-likeness (QED) is 0.866. The molecule has 1 aliphatic heterocycles. The normalized spacial score (nSPS) is 13.6. The van der Waals surface area contributed by atoms with Gasteiger partial charge in [0.2, 0.25) is 5.91 Å². The summed E-state index contributed by atoms with van der Waals surface area (Å²) in [7, 11) is -3.86. The standard InChI is InChI=1S/C15H12Cl2N2O3S/c1-8-4-14(12(17)7-11(8)16)23(21,22)19-10-2-3-13-9(5-10)6-15(20)18-13/h2-5,7,19H,6H2,1H3,(H,18,20). The molecule has 5 nitrogen and oxygen atoms in total. The van der Waals surface area contributed by atoms with Gasteiger partial charge in [-0.05, 0) is 48.4 Å². The molecule has 0 bridgehead atoms. The Balaban J connectivity index is 1.95. The van der Waals surface area contributed by atoms with Crippen LogP contribution in [0.1, 0.15) is 11.1 Å². The second-order valence-corrected chi connectivity index (χ2v) is 7.70. The average molecular weight is 371 g/mol. The van der Waals surface area contributed by atoms with Crippen LogP contribution in [0.2, 0.25) is 10.0 Å². The Morgan fingerprint density at radius 3 is 2.61 bits per heavy atom. The number of nitrogens with one attached hydrogen (secondary N) is 2. The van der Waals surface area contributed by atoms with Crippen LogP contribution in [0.25, 0.3) is 0 Å². The van der Waals surface area contributed by atoms with Gasteiger partial charge in [0.05, 0.1) is 11.4 Å². The van der Waals surface area contributed by atoms with Crippen molar-refractivity contribution < 1.29 is 13.2 Å². The molecule has 3 rings (SSSR count). The summed E-state index contributed by atoms with van der Waals surface area (Å²) in [4.78, 5) is 11.3. The van der Waals surface area contributed by atoms with Crippen LogP contribution in [0.5, 0.6) is 0 Å².